The Morgan fingerprint density at radius 1 is 1.17 bits per heavy atom. The number of hydrogen-bond acceptors (Lipinski definition) is 3. The summed E-state index contributed by atoms with van der Waals surface area (Å²) in [6.07, 6.45) is 0.798. The Balaban J connectivity index is 1.96. The second-order valence-electron chi connectivity index (χ2n) is 6.32. The van der Waals surface area contributed by atoms with Crippen molar-refractivity contribution in [1.29, 1.82) is 0 Å². The number of amides is 1. The molecule has 1 saturated heterocycles. The van der Waals surface area contributed by atoms with Crippen LogP contribution < -0.4 is 5.73 Å². The number of hydrogen-bond donors (Lipinski definition) is 1. The average Bonchev–Trinajstić information content (AvgIpc) is 2.59. The van der Waals surface area contributed by atoms with Crippen molar-refractivity contribution in [2.75, 3.05) is 26.3 Å². The molecule has 24 heavy (non-hydrogen) atoms. The van der Waals surface area contributed by atoms with Gasteiger partial charge >= 0.3 is 0 Å². The van der Waals surface area contributed by atoms with E-state index < -0.39 is 6.04 Å². The van der Waals surface area contributed by atoms with Gasteiger partial charge in [0.25, 0.3) is 0 Å². The van der Waals surface area contributed by atoms with Crippen LogP contribution in [-0.2, 0) is 16.0 Å². The summed E-state index contributed by atoms with van der Waals surface area (Å²) in [5, 5.41) is 0. The number of nitrogens with two attached hydrogens (primary N) is 1. The van der Waals surface area contributed by atoms with Crippen LogP contribution in [0.15, 0.2) is 48.5 Å². The first-order chi connectivity index (χ1) is 11.6. The Hall–Kier alpha value is -2.17. The van der Waals surface area contributed by atoms with Gasteiger partial charge in [-0.05, 0) is 30.0 Å². The molecule has 4 nitrogen and oxygen atoms in total. The normalized spacial score (nSPS) is 16.7. The lowest BCUT2D eigenvalue weighted by Gasteiger charge is -2.33. The Morgan fingerprint density at radius 2 is 1.88 bits per heavy atom. The third-order valence-corrected chi connectivity index (χ3v) is 4.51. The summed E-state index contributed by atoms with van der Waals surface area (Å²) in [5.74, 6) is -0.296. The van der Waals surface area contributed by atoms with Gasteiger partial charge in [0.15, 0.2) is 0 Å². The second-order valence-corrected chi connectivity index (χ2v) is 6.32. The molecule has 1 amide bonds. The van der Waals surface area contributed by atoms with Crippen LogP contribution in [0.1, 0.15) is 28.3 Å². The lowest BCUT2D eigenvalue weighted by molar-refractivity contribution is -0.125. The SMILES string of the molecule is Cc1ccc(C(C(N)=O)N2CCOCC2)c(Cc2ccccc2)c1. The maximum absolute atomic E-state index is 12.2. The first-order valence-electron chi connectivity index (χ1n) is 8.39. The molecule has 0 radical (unpaired) electrons. The van der Waals surface area contributed by atoms with Crippen LogP contribution in [0.2, 0.25) is 0 Å². The van der Waals surface area contributed by atoms with Crippen LogP contribution >= 0.6 is 0 Å². The average molecular weight is 324 g/mol. The third kappa shape index (κ3) is 3.83. The van der Waals surface area contributed by atoms with E-state index in [2.05, 4.69) is 42.2 Å². The number of primary amides is 1. The molecule has 0 aromatic heterocycles. The first-order valence-corrected chi connectivity index (χ1v) is 8.39. The molecule has 2 N–H and O–H groups in total. The predicted octanol–water partition coefficient (Wildman–Crippen LogP) is 2.44. The zero-order chi connectivity index (χ0) is 16.9. The number of carbonyl (C=O) groups is 1. The summed E-state index contributed by atoms with van der Waals surface area (Å²) in [5.41, 5.74) is 10.4. The minimum atomic E-state index is -0.395. The zero-order valence-electron chi connectivity index (χ0n) is 14.1. The van der Waals surface area contributed by atoms with Gasteiger partial charge in [0.1, 0.15) is 6.04 Å². The van der Waals surface area contributed by atoms with Crippen LogP contribution in [0.4, 0.5) is 0 Å². The Kier molecular flexibility index (Phi) is 5.28. The van der Waals surface area contributed by atoms with Gasteiger partial charge in [-0.25, -0.2) is 0 Å². The number of benzene rings is 2. The van der Waals surface area contributed by atoms with E-state index in [1.165, 1.54) is 11.1 Å². The van der Waals surface area contributed by atoms with E-state index in [1.54, 1.807) is 0 Å². The fraction of sp³-hybridized carbons (Fsp3) is 0.350. The van der Waals surface area contributed by atoms with Crippen LogP contribution in [0, 0.1) is 6.92 Å². The molecule has 1 fully saturated rings. The van der Waals surface area contributed by atoms with Crippen molar-refractivity contribution in [3.63, 3.8) is 0 Å². The van der Waals surface area contributed by atoms with E-state index in [0.717, 1.165) is 30.6 Å². The molecule has 0 saturated carbocycles. The minimum Gasteiger partial charge on any atom is -0.379 e. The van der Waals surface area contributed by atoms with Gasteiger partial charge in [0.2, 0.25) is 5.91 Å². The molecule has 1 aliphatic rings. The largest absolute Gasteiger partial charge is 0.379 e. The van der Waals surface area contributed by atoms with Gasteiger partial charge in [0, 0.05) is 13.1 Å². The Bertz CT molecular complexity index is 694. The second kappa shape index (κ2) is 7.60. The summed E-state index contributed by atoms with van der Waals surface area (Å²) >= 11 is 0. The van der Waals surface area contributed by atoms with Gasteiger partial charge in [0.05, 0.1) is 13.2 Å². The summed E-state index contributed by atoms with van der Waals surface area (Å²) in [6.45, 7) is 4.82. The minimum absolute atomic E-state index is 0.296. The quantitative estimate of drug-likeness (QED) is 0.919. The molecule has 1 atom stereocenters. The molecule has 2 aromatic carbocycles. The molecule has 0 spiro atoms. The van der Waals surface area contributed by atoms with Crippen LogP contribution in [-0.4, -0.2) is 37.1 Å². The van der Waals surface area contributed by atoms with Crippen molar-refractivity contribution in [2.45, 2.75) is 19.4 Å². The van der Waals surface area contributed by atoms with E-state index >= 15 is 0 Å². The molecule has 126 valence electrons. The summed E-state index contributed by atoms with van der Waals surface area (Å²) < 4.78 is 5.42. The van der Waals surface area contributed by atoms with E-state index in [0.29, 0.717) is 13.2 Å². The Labute approximate surface area is 143 Å². The first kappa shape index (κ1) is 16.7. The van der Waals surface area contributed by atoms with Crippen molar-refractivity contribution < 1.29 is 9.53 Å². The highest BCUT2D eigenvalue weighted by molar-refractivity contribution is 5.82. The number of carbonyl (C=O) groups excluding carboxylic acids is 1. The lowest BCUT2D eigenvalue weighted by atomic mass is 9.92. The van der Waals surface area contributed by atoms with E-state index in [-0.39, 0.29) is 5.91 Å². The standard InChI is InChI=1S/C20H24N2O2/c1-15-7-8-18(17(13-15)14-16-5-3-2-4-6-16)19(20(21)23)22-9-11-24-12-10-22/h2-8,13,19H,9-12,14H2,1H3,(H2,21,23). The van der Waals surface area contributed by atoms with Crippen molar-refractivity contribution in [1.82, 2.24) is 4.90 Å². The third-order valence-electron chi connectivity index (χ3n) is 4.51. The van der Waals surface area contributed by atoms with Gasteiger partial charge < -0.3 is 10.5 Å². The molecule has 4 heteroatoms. The van der Waals surface area contributed by atoms with Gasteiger partial charge in [-0.15, -0.1) is 0 Å². The molecular weight excluding hydrogens is 300 g/mol. The van der Waals surface area contributed by atoms with Crippen molar-refractivity contribution in [3.05, 3.63) is 70.8 Å². The number of aryl methyl sites for hydroxylation is 1. The molecule has 1 aliphatic heterocycles. The smallest absolute Gasteiger partial charge is 0.239 e. The number of ether oxygens (including phenoxy) is 1. The van der Waals surface area contributed by atoms with Gasteiger partial charge in [-0.3, -0.25) is 9.69 Å². The molecular formula is C20H24N2O2. The summed E-state index contributed by atoms with van der Waals surface area (Å²) in [4.78, 5) is 14.4. The molecule has 2 aromatic rings. The maximum Gasteiger partial charge on any atom is 0.239 e. The molecule has 1 unspecified atom stereocenters. The highest BCUT2D eigenvalue weighted by atomic mass is 16.5. The van der Waals surface area contributed by atoms with Gasteiger partial charge in [-0.2, -0.15) is 0 Å². The molecule has 3 rings (SSSR count). The molecule has 1 heterocycles. The highest BCUT2D eigenvalue weighted by Crippen LogP contribution is 2.27. The van der Waals surface area contributed by atoms with Crippen LogP contribution in [0.25, 0.3) is 0 Å². The monoisotopic (exact) mass is 324 g/mol. The number of rotatable bonds is 5. The topological polar surface area (TPSA) is 55.6 Å². The fourth-order valence-corrected chi connectivity index (χ4v) is 3.34. The van der Waals surface area contributed by atoms with Crippen LogP contribution in [0.3, 0.4) is 0 Å². The van der Waals surface area contributed by atoms with Crippen molar-refractivity contribution in [2.24, 2.45) is 5.73 Å². The van der Waals surface area contributed by atoms with E-state index in [1.807, 2.05) is 18.2 Å². The zero-order valence-corrected chi connectivity index (χ0v) is 14.1. The molecule has 0 bridgehead atoms. The highest BCUT2D eigenvalue weighted by Gasteiger charge is 2.29. The van der Waals surface area contributed by atoms with E-state index in [9.17, 15) is 4.79 Å². The van der Waals surface area contributed by atoms with Crippen LogP contribution in [0.5, 0.6) is 0 Å². The number of nitrogens with zero attached hydrogens (tertiary/aromatic N) is 1. The van der Waals surface area contributed by atoms with Crippen molar-refractivity contribution >= 4 is 5.91 Å². The summed E-state index contributed by atoms with van der Waals surface area (Å²) in [6, 6.07) is 16.2. The van der Waals surface area contributed by atoms with Crippen molar-refractivity contribution in [3.8, 4) is 0 Å². The number of morpholine rings is 1. The maximum atomic E-state index is 12.2. The molecule has 0 aliphatic carbocycles. The summed E-state index contributed by atoms with van der Waals surface area (Å²) in [7, 11) is 0. The lowest BCUT2D eigenvalue weighted by Crippen LogP contribution is -2.44. The Morgan fingerprint density at radius 3 is 2.54 bits per heavy atom. The fourth-order valence-electron chi connectivity index (χ4n) is 3.34. The van der Waals surface area contributed by atoms with E-state index in [4.69, 9.17) is 10.5 Å². The predicted molar refractivity (Wildman–Crippen MR) is 94.8 cm³/mol. The van der Waals surface area contributed by atoms with Gasteiger partial charge in [-0.1, -0.05) is 54.1 Å².